The summed E-state index contributed by atoms with van der Waals surface area (Å²) in [5.41, 5.74) is 8.02. The first-order valence-corrected chi connectivity index (χ1v) is 6.97. The van der Waals surface area contributed by atoms with Crippen LogP contribution >= 0.6 is 15.9 Å². The molecular formula is C14H12BrN5O. The van der Waals surface area contributed by atoms with Crippen molar-refractivity contribution in [3.8, 4) is 22.8 Å². The molecule has 0 bridgehead atoms. The fourth-order valence-electron chi connectivity index (χ4n) is 2.03. The highest BCUT2D eigenvalue weighted by Crippen LogP contribution is 2.32. The third-order valence-corrected chi connectivity index (χ3v) is 3.69. The lowest BCUT2D eigenvalue weighted by molar-refractivity contribution is 0.416. The molecule has 0 amide bonds. The van der Waals surface area contributed by atoms with E-state index in [1.54, 1.807) is 23.9 Å². The quantitative estimate of drug-likeness (QED) is 0.738. The van der Waals surface area contributed by atoms with E-state index in [9.17, 15) is 0 Å². The Morgan fingerprint density at radius 2 is 2.00 bits per heavy atom. The minimum absolute atomic E-state index is 0.582. The Bertz CT molecular complexity index is 787. The van der Waals surface area contributed by atoms with Gasteiger partial charge >= 0.3 is 0 Å². The van der Waals surface area contributed by atoms with Crippen LogP contribution in [0.15, 0.2) is 46.9 Å². The van der Waals surface area contributed by atoms with E-state index in [1.807, 2.05) is 30.3 Å². The molecule has 6 nitrogen and oxygen atoms in total. The van der Waals surface area contributed by atoms with E-state index in [2.05, 4.69) is 31.5 Å². The summed E-state index contributed by atoms with van der Waals surface area (Å²) >= 11 is 3.50. The first-order chi connectivity index (χ1) is 10.2. The Morgan fingerprint density at radius 1 is 1.19 bits per heavy atom. The van der Waals surface area contributed by atoms with Gasteiger partial charge in [-0.15, -0.1) is 5.10 Å². The van der Waals surface area contributed by atoms with Gasteiger partial charge in [0.15, 0.2) is 5.82 Å². The molecule has 0 saturated carbocycles. The van der Waals surface area contributed by atoms with Crippen LogP contribution in [0.3, 0.4) is 0 Å². The lowest BCUT2D eigenvalue weighted by Gasteiger charge is -2.10. The zero-order chi connectivity index (χ0) is 14.8. The molecule has 106 valence electrons. The average molecular weight is 346 g/mol. The number of nitrogen functional groups attached to an aromatic ring is 1. The van der Waals surface area contributed by atoms with E-state index in [-0.39, 0.29) is 0 Å². The van der Waals surface area contributed by atoms with Gasteiger partial charge in [0, 0.05) is 16.2 Å². The Labute approximate surface area is 129 Å². The van der Waals surface area contributed by atoms with Crippen LogP contribution < -0.4 is 10.5 Å². The van der Waals surface area contributed by atoms with Gasteiger partial charge in [0.1, 0.15) is 5.75 Å². The van der Waals surface area contributed by atoms with Crippen molar-refractivity contribution in [3.63, 3.8) is 0 Å². The molecular weight excluding hydrogens is 334 g/mol. The van der Waals surface area contributed by atoms with Crippen LogP contribution in [-0.2, 0) is 0 Å². The molecule has 0 radical (unpaired) electrons. The maximum Gasteiger partial charge on any atom is 0.190 e. The summed E-state index contributed by atoms with van der Waals surface area (Å²) < 4.78 is 7.92. The van der Waals surface area contributed by atoms with Crippen molar-refractivity contribution >= 4 is 21.6 Å². The molecule has 0 fully saturated rings. The Morgan fingerprint density at radius 3 is 2.76 bits per heavy atom. The first kappa shape index (κ1) is 13.6. The second kappa shape index (κ2) is 5.53. The van der Waals surface area contributed by atoms with Crippen LogP contribution in [0, 0.1) is 0 Å². The van der Waals surface area contributed by atoms with Crippen molar-refractivity contribution in [2.75, 3.05) is 12.8 Å². The Hall–Kier alpha value is -2.41. The molecule has 0 aliphatic rings. The average Bonchev–Trinajstić information content (AvgIpc) is 2.96. The van der Waals surface area contributed by atoms with Crippen molar-refractivity contribution < 1.29 is 4.74 Å². The lowest BCUT2D eigenvalue weighted by atomic mass is 10.1. The van der Waals surface area contributed by atoms with Crippen molar-refractivity contribution in [3.05, 3.63) is 46.9 Å². The summed E-state index contributed by atoms with van der Waals surface area (Å²) in [6.45, 7) is 0. The minimum atomic E-state index is 0.582. The monoisotopic (exact) mass is 345 g/mol. The summed E-state index contributed by atoms with van der Waals surface area (Å²) in [5, 5.41) is 11.9. The molecule has 0 spiro atoms. The van der Waals surface area contributed by atoms with E-state index in [1.165, 1.54) is 0 Å². The number of ether oxygens (including phenoxy) is 1. The molecule has 7 heteroatoms. The molecule has 2 N–H and O–H groups in total. The number of anilines is 1. The molecule has 3 rings (SSSR count). The van der Waals surface area contributed by atoms with Gasteiger partial charge in [0.2, 0.25) is 0 Å². The normalized spacial score (nSPS) is 10.6. The summed E-state index contributed by atoms with van der Waals surface area (Å²) in [7, 11) is 1.59. The predicted octanol–water partition coefficient (Wildman–Crippen LogP) is 2.68. The van der Waals surface area contributed by atoms with Crippen LogP contribution in [0.2, 0.25) is 0 Å². The molecule has 0 unspecified atom stereocenters. The molecule has 0 atom stereocenters. The highest BCUT2D eigenvalue weighted by atomic mass is 79.9. The SMILES string of the molecule is COc1cc(N)ccc1-c1nnnn1-c1ccccc1Br. The van der Waals surface area contributed by atoms with Gasteiger partial charge in [-0.1, -0.05) is 12.1 Å². The number of tetrazole rings is 1. The van der Waals surface area contributed by atoms with E-state index in [4.69, 9.17) is 10.5 Å². The number of aromatic nitrogens is 4. The third-order valence-electron chi connectivity index (χ3n) is 3.02. The number of hydrogen-bond donors (Lipinski definition) is 1. The van der Waals surface area contributed by atoms with Crippen LogP contribution in [0.25, 0.3) is 17.1 Å². The highest BCUT2D eigenvalue weighted by Gasteiger charge is 2.16. The lowest BCUT2D eigenvalue weighted by Crippen LogP contribution is -2.02. The summed E-state index contributed by atoms with van der Waals surface area (Å²) in [5.74, 6) is 1.21. The van der Waals surface area contributed by atoms with Crippen molar-refractivity contribution in [1.29, 1.82) is 0 Å². The summed E-state index contributed by atoms with van der Waals surface area (Å²) in [6, 6.07) is 13.1. The predicted molar refractivity (Wildman–Crippen MR) is 83.3 cm³/mol. The van der Waals surface area contributed by atoms with Crippen molar-refractivity contribution in [2.24, 2.45) is 0 Å². The number of benzene rings is 2. The largest absolute Gasteiger partial charge is 0.496 e. The van der Waals surface area contributed by atoms with Gasteiger partial charge in [-0.3, -0.25) is 0 Å². The Kier molecular flexibility index (Phi) is 3.57. The third kappa shape index (κ3) is 2.47. The number of methoxy groups -OCH3 is 1. The highest BCUT2D eigenvalue weighted by molar-refractivity contribution is 9.10. The van der Waals surface area contributed by atoms with Gasteiger partial charge in [0.25, 0.3) is 0 Å². The number of halogens is 1. The smallest absolute Gasteiger partial charge is 0.190 e. The molecule has 21 heavy (non-hydrogen) atoms. The zero-order valence-corrected chi connectivity index (χ0v) is 12.8. The molecule has 0 aliphatic heterocycles. The number of para-hydroxylation sites is 1. The van der Waals surface area contributed by atoms with Gasteiger partial charge in [-0.2, -0.15) is 4.68 Å². The fraction of sp³-hybridized carbons (Fsp3) is 0.0714. The molecule has 1 heterocycles. The molecule has 3 aromatic rings. The zero-order valence-electron chi connectivity index (χ0n) is 11.2. The van der Waals surface area contributed by atoms with E-state index >= 15 is 0 Å². The number of rotatable bonds is 3. The maximum absolute atomic E-state index is 5.78. The molecule has 2 aromatic carbocycles. The van der Waals surface area contributed by atoms with Gasteiger partial charge in [-0.05, 0) is 50.6 Å². The van der Waals surface area contributed by atoms with E-state index in [0.29, 0.717) is 17.3 Å². The van der Waals surface area contributed by atoms with Gasteiger partial charge in [-0.25, -0.2) is 0 Å². The van der Waals surface area contributed by atoms with Crippen molar-refractivity contribution in [2.45, 2.75) is 0 Å². The van der Waals surface area contributed by atoms with Crippen LogP contribution in [0.4, 0.5) is 5.69 Å². The number of hydrogen-bond acceptors (Lipinski definition) is 5. The number of nitrogens with zero attached hydrogens (tertiary/aromatic N) is 4. The topological polar surface area (TPSA) is 78.8 Å². The van der Waals surface area contributed by atoms with Gasteiger partial charge < -0.3 is 10.5 Å². The van der Waals surface area contributed by atoms with E-state index < -0.39 is 0 Å². The first-order valence-electron chi connectivity index (χ1n) is 6.18. The molecule has 0 aliphatic carbocycles. The van der Waals surface area contributed by atoms with Crippen molar-refractivity contribution in [1.82, 2.24) is 20.2 Å². The van der Waals surface area contributed by atoms with E-state index in [0.717, 1.165) is 15.7 Å². The van der Waals surface area contributed by atoms with Gasteiger partial charge in [0.05, 0.1) is 18.4 Å². The summed E-state index contributed by atoms with van der Waals surface area (Å²) in [4.78, 5) is 0. The second-order valence-corrected chi connectivity index (χ2v) is 5.18. The standard InChI is InChI=1S/C14H12BrN5O/c1-21-13-8-9(16)6-7-10(13)14-17-18-19-20(14)12-5-3-2-4-11(12)15/h2-8H,16H2,1H3. The van der Waals surface area contributed by atoms with Crippen LogP contribution in [0.1, 0.15) is 0 Å². The van der Waals surface area contributed by atoms with Crippen LogP contribution in [0.5, 0.6) is 5.75 Å². The molecule has 1 aromatic heterocycles. The van der Waals surface area contributed by atoms with Crippen LogP contribution in [-0.4, -0.2) is 27.3 Å². The minimum Gasteiger partial charge on any atom is -0.496 e. The summed E-state index contributed by atoms with van der Waals surface area (Å²) in [6.07, 6.45) is 0. The Balaban J connectivity index is 2.18. The maximum atomic E-state index is 5.78. The fourth-order valence-corrected chi connectivity index (χ4v) is 2.49. The molecule has 0 saturated heterocycles. The number of nitrogens with two attached hydrogens (primary N) is 1. The second-order valence-electron chi connectivity index (χ2n) is 4.33.